The van der Waals surface area contributed by atoms with Crippen molar-refractivity contribution < 1.29 is 4.79 Å². The zero-order chi connectivity index (χ0) is 12.6. The molecule has 0 spiro atoms. The molecule has 4 heteroatoms. The predicted octanol–water partition coefficient (Wildman–Crippen LogP) is 3.92. The van der Waals surface area contributed by atoms with Crippen LogP contribution in [0, 0.1) is 9.49 Å². The molecular weight excluding hydrogens is 393 g/mol. The number of benzene rings is 1. The third kappa shape index (κ3) is 3.02. The van der Waals surface area contributed by atoms with Gasteiger partial charge in [0.05, 0.1) is 5.56 Å². The monoisotopic (exact) mass is 407 g/mol. The molecule has 1 aromatic rings. The Morgan fingerprint density at radius 3 is 2.76 bits per heavy atom. The van der Waals surface area contributed by atoms with Gasteiger partial charge in [-0.2, -0.15) is 0 Å². The highest BCUT2D eigenvalue weighted by Gasteiger charge is 2.33. The summed E-state index contributed by atoms with van der Waals surface area (Å²) in [7, 11) is 1.90. The van der Waals surface area contributed by atoms with E-state index in [2.05, 4.69) is 45.4 Å². The average Bonchev–Trinajstić information content (AvgIpc) is 3.13. The number of halogens is 2. The molecular formula is C13H15BrINO. The van der Waals surface area contributed by atoms with E-state index < -0.39 is 0 Å². The summed E-state index contributed by atoms with van der Waals surface area (Å²) >= 11 is 5.68. The van der Waals surface area contributed by atoms with Gasteiger partial charge in [0.1, 0.15) is 0 Å². The minimum Gasteiger partial charge on any atom is -0.339 e. The molecule has 1 saturated carbocycles. The summed E-state index contributed by atoms with van der Waals surface area (Å²) in [5.41, 5.74) is 0.756. The normalized spacial score (nSPS) is 16.7. The highest BCUT2D eigenvalue weighted by Crippen LogP contribution is 2.35. The number of hydrogen-bond donors (Lipinski definition) is 0. The SMILES string of the molecule is CC(C1CC1)N(C)C(=O)c1cc(I)ccc1Br. The number of amides is 1. The van der Waals surface area contributed by atoms with Crippen molar-refractivity contribution in [2.24, 2.45) is 5.92 Å². The lowest BCUT2D eigenvalue weighted by Gasteiger charge is -2.25. The molecule has 2 rings (SSSR count). The first kappa shape index (κ1) is 13.3. The number of nitrogens with zero attached hydrogens (tertiary/aromatic N) is 1. The van der Waals surface area contributed by atoms with Gasteiger partial charge in [0.2, 0.25) is 0 Å². The van der Waals surface area contributed by atoms with Crippen molar-refractivity contribution in [1.82, 2.24) is 4.90 Å². The molecule has 1 atom stereocenters. The van der Waals surface area contributed by atoms with Crippen LogP contribution in [0.3, 0.4) is 0 Å². The summed E-state index contributed by atoms with van der Waals surface area (Å²) in [6.45, 7) is 2.14. The van der Waals surface area contributed by atoms with Crippen LogP contribution >= 0.6 is 38.5 Å². The Balaban J connectivity index is 2.20. The third-order valence-electron chi connectivity index (χ3n) is 3.39. The van der Waals surface area contributed by atoms with E-state index in [0.29, 0.717) is 12.0 Å². The molecule has 0 bridgehead atoms. The Morgan fingerprint density at radius 1 is 1.53 bits per heavy atom. The molecule has 1 aliphatic rings. The standard InChI is InChI=1S/C13H15BrINO/c1-8(9-3-4-9)16(2)13(17)11-7-10(15)5-6-12(11)14/h5-9H,3-4H2,1-2H3. The van der Waals surface area contributed by atoms with Gasteiger partial charge >= 0.3 is 0 Å². The van der Waals surface area contributed by atoms with Crippen molar-refractivity contribution in [3.63, 3.8) is 0 Å². The molecule has 0 N–H and O–H groups in total. The van der Waals surface area contributed by atoms with Crippen LogP contribution in [0.1, 0.15) is 30.1 Å². The van der Waals surface area contributed by atoms with Gasteiger partial charge in [-0.05, 0) is 82.4 Å². The number of carbonyl (C=O) groups is 1. The maximum atomic E-state index is 12.4. The molecule has 1 aromatic carbocycles. The van der Waals surface area contributed by atoms with E-state index in [9.17, 15) is 4.79 Å². The number of hydrogen-bond acceptors (Lipinski definition) is 1. The fraction of sp³-hybridized carbons (Fsp3) is 0.462. The van der Waals surface area contributed by atoms with E-state index in [1.807, 2.05) is 30.1 Å². The molecule has 1 unspecified atom stereocenters. The second-order valence-corrected chi connectivity index (χ2v) is 6.72. The van der Waals surface area contributed by atoms with Gasteiger partial charge in [0, 0.05) is 21.1 Å². The lowest BCUT2D eigenvalue weighted by Crippen LogP contribution is -2.36. The van der Waals surface area contributed by atoms with Crippen molar-refractivity contribution in [2.45, 2.75) is 25.8 Å². The van der Waals surface area contributed by atoms with Gasteiger partial charge in [-0.15, -0.1) is 0 Å². The summed E-state index contributed by atoms with van der Waals surface area (Å²) < 4.78 is 1.96. The van der Waals surface area contributed by atoms with Crippen LogP contribution in [-0.2, 0) is 0 Å². The Labute approximate surface area is 124 Å². The largest absolute Gasteiger partial charge is 0.339 e. The lowest BCUT2D eigenvalue weighted by atomic mass is 10.1. The Hall–Kier alpha value is -0.100. The van der Waals surface area contributed by atoms with E-state index in [1.165, 1.54) is 12.8 Å². The maximum Gasteiger partial charge on any atom is 0.255 e. The fourth-order valence-electron chi connectivity index (χ4n) is 1.93. The van der Waals surface area contributed by atoms with E-state index in [0.717, 1.165) is 13.6 Å². The molecule has 0 aromatic heterocycles. The summed E-state index contributed by atoms with van der Waals surface area (Å²) in [5, 5.41) is 0. The van der Waals surface area contributed by atoms with Crippen LogP contribution in [0.4, 0.5) is 0 Å². The molecule has 0 aliphatic heterocycles. The smallest absolute Gasteiger partial charge is 0.255 e. The number of carbonyl (C=O) groups excluding carboxylic acids is 1. The summed E-state index contributed by atoms with van der Waals surface area (Å²) in [6, 6.07) is 6.20. The highest BCUT2D eigenvalue weighted by atomic mass is 127. The summed E-state index contributed by atoms with van der Waals surface area (Å²) in [6.07, 6.45) is 2.51. The van der Waals surface area contributed by atoms with Crippen LogP contribution in [0.25, 0.3) is 0 Å². The van der Waals surface area contributed by atoms with Crippen molar-refractivity contribution in [2.75, 3.05) is 7.05 Å². The third-order valence-corrected chi connectivity index (χ3v) is 4.76. The molecule has 0 radical (unpaired) electrons. The zero-order valence-electron chi connectivity index (χ0n) is 9.91. The molecule has 17 heavy (non-hydrogen) atoms. The van der Waals surface area contributed by atoms with Crippen molar-refractivity contribution >= 4 is 44.4 Å². The predicted molar refractivity (Wildman–Crippen MR) is 81.1 cm³/mol. The molecule has 1 aliphatic carbocycles. The highest BCUT2D eigenvalue weighted by molar-refractivity contribution is 14.1. The van der Waals surface area contributed by atoms with Gasteiger partial charge in [-0.25, -0.2) is 0 Å². The Kier molecular flexibility index (Phi) is 4.13. The summed E-state index contributed by atoms with van der Waals surface area (Å²) in [5.74, 6) is 0.806. The van der Waals surface area contributed by atoms with Crippen LogP contribution in [0.15, 0.2) is 22.7 Å². The van der Waals surface area contributed by atoms with Crippen LogP contribution in [-0.4, -0.2) is 23.9 Å². The van der Waals surface area contributed by atoms with Crippen LogP contribution in [0.2, 0.25) is 0 Å². The van der Waals surface area contributed by atoms with E-state index in [1.54, 1.807) is 0 Å². The minimum absolute atomic E-state index is 0.106. The van der Waals surface area contributed by atoms with Gasteiger partial charge in [0.25, 0.3) is 5.91 Å². The van der Waals surface area contributed by atoms with Crippen molar-refractivity contribution in [1.29, 1.82) is 0 Å². The molecule has 1 amide bonds. The van der Waals surface area contributed by atoms with Gasteiger partial charge < -0.3 is 4.90 Å². The van der Waals surface area contributed by atoms with E-state index >= 15 is 0 Å². The average molecular weight is 408 g/mol. The number of rotatable bonds is 3. The zero-order valence-corrected chi connectivity index (χ0v) is 13.7. The van der Waals surface area contributed by atoms with Crippen LogP contribution in [0.5, 0.6) is 0 Å². The van der Waals surface area contributed by atoms with Gasteiger partial charge in [-0.3, -0.25) is 4.79 Å². The van der Waals surface area contributed by atoms with Gasteiger partial charge in [0.15, 0.2) is 0 Å². The lowest BCUT2D eigenvalue weighted by molar-refractivity contribution is 0.0726. The molecule has 0 saturated heterocycles. The Morgan fingerprint density at radius 2 is 2.18 bits per heavy atom. The van der Waals surface area contributed by atoms with E-state index in [-0.39, 0.29) is 5.91 Å². The molecule has 92 valence electrons. The molecule has 1 fully saturated rings. The second-order valence-electron chi connectivity index (χ2n) is 4.62. The maximum absolute atomic E-state index is 12.4. The quantitative estimate of drug-likeness (QED) is 0.695. The molecule has 0 heterocycles. The first-order valence-electron chi connectivity index (χ1n) is 5.73. The van der Waals surface area contributed by atoms with Crippen LogP contribution < -0.4 is 0 Å². The first-order chi connectivity index (χ1) is 8.00. The Bertz CT molecular complexity index is 445. The molecule has 2 nitrogen and oxygen atoms in total. The topological polar surface area (TPSA) is 20.3 Å². The van der Waals surface area contributed by atoms with Crippen molar-refractivity contribution in [3.05, 3.63) is 31.8 Å². The summed E-state index contributed by atoms with van der Waals surface area (Å²) in [4.78, 5) is 14.3. The second kappa shape index (κ2) is 5.26. The van der Waals surface area contributed by atoms with Crippen molar-refractivity contribution in [3.8, 4) is 0 Å². The van der Waals surface area contributed by atoms with Gasteiger partial charge in [-0.1, -0.05) is 0 Å². The minimum atomic E-state index is 0.106. The van der Waals surface area contributed by atoms with E-state index in [4.69, 9.17) is 0 Å². The first-order valence-corrected chi connectivity index (χ1v) is 7.60. The fourth-order valence-corrected chi connectivity index (χ4v) is 2.84.